The van der Waals surface area contributed by atoms with Crippen LogP contribution in [0, 0.1) is 0 Å². The van der Waals surface area contributed by atoms with Gasteiger partial charge in [0.2, 0.25) is 0 Å². The standard InChI is InChI=1S/C11H12N2O4/c1-2-17-11(16)13-12-7-8-3-5-9(6-4-8)10(14)15/h3-7H,2H2,1H3,(H,13,16)(H,14,15). The predicted octanol–water partition coefficient (Wildman–Crippen LogP) is 1.46. The van der Waals surface area contributed by atoms with Crippen molar-refractivity contribution in [2.45, 2.75) is 6.92 Å². The van der Waals surface area contributed by atoms with Crippen molar-refractivity contribution in [3.63, 3.8) is 0 Å². The zero-order valence-corrected chi connectivity index (χ0v) is 9.21. The summed E-state index contributed by atoms with van der Waals surface area (Å²) in [6.45, 7) is 1.96. The van der Waals surface area contributed by atoms with Crippen LogP contribution in [0.15, 0.2) is 29.4 Å². The van der Waals surface area contributed by atoms with Crippen molar-refractivity contribution in [1.82, 2.24) is 5.43 Å². The molecule has 6 heteroatoms. The summed E-state index contributed by atoms with van der Waals surface area (Å²) in [4.78, 5) is 21.4. The summed E-state index contributed by atoms with van der Waals surface area (Å²) in [5.74, 6) is -0.988. The quantitative estimate of drug-likeness (QED) is 0.612. The summed E-state index contributed by atoms with van der Waals surface area (Å²) in [6, 6.07) is 6.07. The Hall–Kier alpha value is -2.37. The van der Waals surface area contributed by atoms with Crippen LogP contribution in [-0.2, 0) is 4.74 Å². The number of benzene rings is 1. The van der Waals surface area contributed by atoms with Gasteiger partial charge in [-0.15, -0.1) is 0 Å². The van der Waals surface area contributed by atoms with E-state index < -0.39 is 12.1 Å². The third kappa shape index (κ3) is 4.33. The van der Waals surface area contributed by atoms with Crippen LogP contribution in [0.2, 0.25) is 0 Å². The first-order valence-corrected chi connectivity index (χ1v) is 4.92. The Labute approximate surface area is 97.9 Å². The van der Waals surface area contributed by atoms with Crippen LogP contribution >= 0.6 is 0 Å². The van der Waals surface area contributed by atoms with Gasteiger partial charge in [-0.05, 0) is 24.6 Å². The van der Waals surface area contributed by atoms with Gasteiger partial charge in [0.25, 0.3) is 0 Å². The van der Waals surface area contributed by atoms with Crippen molar-refractivity contribution in [1.29, 1.82) is 0 Å². The smallest absolute Gasteiger partial charge is 0.427 e. The lowest BCUT2D eigenvalue weighted by atomic mass is 10.1. The number of nitrogens with zero attached hydrogens (tertiary/aromatic N) is 1. The predicted molar refractivity (Wildman–Crippen MR) is 61.2 cm³/mol. The number of nitrogens with one attached hydrogen (secondary N) is 1. The molecule has 0 radical (unpaired) electrons. The van der Waals surface area contributed by atoms with Gasteiger partial charge in [0.15, 0.2) is 0 Å². The summed E-state index contributed by atoms with van der Waals surface area (Å²) < 4.78 is 4.59. The molecule has 0 unspecified atom stereocenters. The zero-order chi connectivity index (χ0) is 12.7. The number of rotatable bonds is 4. The van der Waals surface area contributed by atoms with E-state index in [1.54, 1.807) is 19.1 Å². The van der Waals surface area contributed by atoms with Crippen LogP contribution in [0.5, 0.6) is 0 Å². The molecule has 1 amide bonds. The van der Waals surface area contributed by atoms with Gasteiger partial charge in [0.05, 0.1) is 18.4 Å². The lowest BCUT2D eigenvalue weighted by Crippen LogP contribution is -2.18. The minimum absolute atomic E-state index is 0.195. The van der Waals surface area contributed by atoms with Crippen LogP contribution in [0.25, 0.3) is 0 Å². The molecule has 2 N–H and O–H groups in total. The van der Waals surface area contributed by atoms with E-state index >= 15 is 0 Å². The van der Waals surface area contributed by atoms with E-state index in [0.29, 0.717) is 5.56 Å². The summed E-state index contributed by atoms with van der Waals surface area (Å²) in [5.41, 5.74) is 3.03. The van der Waals surface area contributed by atoms with E-state index in [1.807, 2.05) is 0 Å². The highest BCUT2D eigenvalue weighted by Gasteiger charge is 2.00. The third-order valence-corrected chi connectivity index (χ3v) is 1.80. The van der Waals surface area contributed by atoms with Gasteiger partial charge < -0.3 is 9.84 Å². The fourth-order valence-corrected chi connectivity index (χ4v) is 1.03. The average Bonchev–Trinajstić information content (AvgIpc) is 2.30. The summed E-state index contributed by atoms with van der Waals surface area (Å²) in [5, 5.41) is 12.3. The highest BCUT2D eigenvalue weighted by molar-refractivity contribution is 5.89. The fraction of sp³-hybridized carbons (Fsp3) is 0.182. The molecule has 0 atom stereocenters. The SMILES string of the molecule is CCOC(=O)NN=Cc1ccc(C(=O)O)cc1. The number of ether oxygens (including phenoxy) is 1. The minimum Gasteiger partial charge on any atom is -0.478 e. The molecule has 0 heterocycles. The Morgan fingerprint density at radius 2 is 2.06 bits per heavy atom. The monoisotopic (exact) mass is 236 g/mol. The van der Waals surface area contributed by atoms with Crippen LogP contribution in [0.1, 0.15) is 22.8 Å². The largest absolute Gasteiger partial charge is 0.478 e. The Bertz CT molecular complexity index is 426. The van der Waals surface area contributed by atoms with E-state index in [4.69, 9.17) is 5.11 Å². The first kappa shape index (κ1) is 12.7. The molecule has 0 spiro atoms. The van der Waals surface area contributed by atoms with Gasteiger partial charge in [0, 0.05) is 0 Å². The second kappa shape index (κ2) is 6.26. The highest BCUT2D eigenvalue weighted by atomic mass is 16.5. The number of amides is 1. The molecule has 0 aromatic heterocycles. The highest BCUT2D eigenvalue weighted by Crippen LogP contribution is 2.02. The topological polar surface area (TPSA) is 88.0 Å². The summed E-state index contributed by atoms with van der Waals surface area (Å²) in [7, 11) is 0. The van der Waals surface area contributed by atoms with Crippen molar-refractivity contribution in [2.24, 2.45) is 5.10 Å². The molecule has 6 nitrogen and oxygen atoms in total. The molecule has 0 fully saturated rings. The minimum atomic E-state index is -0.988. The fourth-order valence-electron chi connectivity index (χ4n) is 1.03. The Morgan fingerprint density at radius 3 is 2.59 bits per heavy atom. The number of carboxylic acids is 1. The van der Waals surface area contributed by atoms with Gasteiger partial charge in [-0.2, -0.15) is 5.10 Å². The molecule has 0 saturated carbocycles. The van der Waals surface area contributed by atoms with Crippen LogP contribution in [0.3, 0.4) is 0 Å². The molecule has 17 heavy (non-hydrogen) atoms. The summed E-state index contributed by atoms with van der Waals surface area (Å²) >= 11 is 0. The lowest BCUT2D eigenvalue weighted by molar-refractivity contribution is 0.0697. The van der Waals surface area contributed by atoms with E-state index in [2.05, 4.69) is 15.3 Å². The number of hydrogen-bond acceptors (Lipinski definition) is 4. The molecule has 0 aliphatic carbocycles. The van der Waals surface area contributed by atoms with Crippen LogP contribution < -0.4 is 5.43 Å². The maximum atomic E-state index is 10.9. The second-order valence-electron chi connectivity index (χ2n) is 3.02. The van der Waals surface area contributed by atoms with E-state index in [1.165, 1.54) is 18.3 Å². The average molecular weight is 236 g/mol. The number of aromatic carboxylic acids is 1. The number of carboxylic acid groups (broad SMARTS) is 1. The number of hydrogen-bond donors (Lipinski definition) is 2. The molecule has 0 bridgehead atoms. The Balaban J connectivity index is 2.54. The van der Waals surface area contributed by atoms with Gasteiger partial charge in [-0.1, -0.05) is 12.1 Å². The van der Waals surface area contributed by atoms with Gasteiger partial charge >= 0.3 is 12.1 Å². The maximum Gasteiger partial charge on any atom is 0.427 e. The molecule has 1 aromatic rings. The third-order valence-electron chi connectivity index (χ3n) is 1.80. The first-order valence-electron chi connectivity index (χ1n) is 4.92. The summed E-state index contributed by atoms with van der Waals surface area (Å²) in [6.07, 6.45) is 0.758. The molecular weight excluding hydrogens is 224 g/mol. The lowest BCUT2D eigenvalue weighted by Gasteiger charge is -1.99. The van der Waals surface area contributed by atoms with Crippen LogP contribution in [0.4, 0.5) is 4.79 Å². The number of carbonyl (C=O) groups is 2. The van der Waals surface area contributed by atoms with E-state index in [-0.39, 0.29) is 12.2 Å². The Morgan fingerprint density at radius 1 is 1.41 bits per heavy atom. The molecule has 90 valence electrons. The second-order valence-corrected chi connectivity index (χ2v) is 3.02. The molecule has 0 aliphatic heterocycles. The van der Waals surface area contributed by atoms with Crippen molar-refractivity contribution < 1.29 is 19.4 Å². The number of hydrazone groups is 1. The van der Waals surface area contributed by atoms with Crippen molar-refractivity contribution >= 4 is 18.3 Å². The molecule has 1 aromatic carbocycles. The molecule has 1 rings (SSSR count). The Kier molecular flexibility index (Phi) is 4.68. The first-order chi connectivity index (χ1) is 8.13. The molecule has 0 aliphatic rings. The molecular formula is C11H12N2O4. The van der Waals surface area contributed by atoms with Crippen molar-refractivity contribution in [3.8, 4) is 0 Å². The van der Waals surface area contributed by atoms with E-state index in [9.17, 15) is 9.59 Å². The van der Waals surface area contributed by atoms with Gasteiger partial charge in [-0.3, -0.25) is 0 Å². The van der Waals surface area contributed by atoms with Crippen LogP contribution in [-0.4, -0.2) is 30.0 Å². The zero-order valence-electron chi connectivity index (χ0n) is 9.21. The van der Waals surface area contributed by atoms with Gasteiger partial charge in [-0.25, -0.2) is 15.0 Å². The maximum absolute atomic E-state index is 10.9. The van der Waals surface area contributed by atoms with Crippen molar-refractivity contribution in [2.75, 3.05) is 6.61 Å². The van der Waals surface area contributed by atoms with Gasteiger partial charge in [0.1, 0.15) is 0 Å². The van der Waals surface area contributed by atoms with Crippen molar-refractivity contribution in [3.05, 3.63) is 35.4 Å². The molecule has 0 saturated heterocycles. The van der Waals surface area contributed by atoms with E-state index in [0.717, 1.165) is 0 Å². The normalized spacial score (nSPS) is 10.2. The number of carbonyl (C=O) groups excluding carboxylic acids is 1.